The van der Waals surface area contributed by atoms with Crippen LogP contribution >= 0.6 is 11.6 Å². The van der Waals surface area contributed by atoms with E-state index in [9.17, 15) is 0 Å². The molecule has 3 nitrogen and oxygen atoms in total. The quantitative estimate of drug-likeness (QED) is 0.925. The number of benzene rings is 1. The summed E-state index contributed by atoms with van der Waals surface area (Å²) in [5.41, 5.74) is 8.53. The number of hydrogen-bond acceptors (Lipinski definition) is 3. The molecule has 2 aliphatic rings. The van der Waals surface area contributed by atoms with Crippen LogP contribution in [0.5, 0.6) is 11.5 Å². The van der Waals surface area contributed by atoms with Crippen molar-refractivity contribution in [3.63, 3.8) is 0 Å². The van der Waals surface area contributed by atoms with Crippen LogP contribution in [0.1, 0.15) is 43.7 Å². The van der Waals surface area contributed by atoms with Crippen molar-refractivity contribution in [2.75, 3.05) is 19.8 Å². The van der Waals surface area contributed by atoms with Crippen LogP contribution in [0.25, 0.3) is 0 Å². The van der Waals surface area contributed by atoms with Gasteiger partial charge in [0.25, 0.3) is 0 Å². The van der Waals surface area contributed by atoms with Crippen molar-refractivity contribution in [1.82, 2.24) is 0 Å². The standard InChI is InChI=1S/C15H20ClNO2/c1-9(2)12-10(15(8-17)3-4-15)7-11-14(13(12)16)19-6-5-18-11/h7,9H,3-6,8,17H2,1-2H3. The van der Waals surface area contributed by atoms with E-state index in [4.69, 9.17) is 26.8 Å². The van der Waals surface area contributed by atoms with E-state index in [1.807, 2.05) is 0 Å². The predicted molar refractivity (Wildman–Crippen MR) is 76.5 cm³/mol. The van der Waals surface area contributed by atoms with Gasteiger partial charge in [0.2, 0.25) is 0 Å². The van der Waals surface area contributed by atoms with Crippen molar-refractivity contribution in [2.45, 2.75) is 38.0 Å². The van der Waals surface area contributed by atoms with Crippen LogP contribution in [0.2, 0.25) is 5.02 Å². The van der Waals surface area contributed by atoms with Crippen molar-refractivity contribution in [3.8, 4) is 11.5 Å². The van der Waals surface area contributed by atoms with Gasteiger partial charge in [-0.2, -0.15) is 0 Å². The number of hydrogen-bond donors (Lipinski definition) is 1. The maximum absolute atomic E-state index is 6.57. The van der Waals surface area contributed by atoms with E-state index in [0.717, 1.165) is 18.6 Å². The highest BCUT2D eigenvalue weighted by Crippen LogP contribution is 2.54. The van der Waals surface area contributed by atoms with Crippen molar-refractivity contribution in [1.29, 1.82) is 0 Å². The third-order valence-electron chi connectivity index (χ3n) is 4.21. The third-order valence-corrected chi connectivity index (χ3v) is 4.58. The molecule has 1 aliphatic heterocycles. The highest BCUT2D eigenvalue weighted by atomic mass is 35.5. The van der Waals surface area contributed by atoms with Gasteiger partial charge >= 0.3 is 0 Å². The Morgan fingerprint density at radius 2 is 2.00 bits per heavy atom. The molecule has 2 N–H and O–H groups in total. The first-order valence-corrected chi connectivity index (χ1v) is 7.29. The molecule has 0 spiro atoms. The SMILES string of the molecule is CC(C)c1c(C2(CN)CC2)cc2c(c1Cl)OCCO2. The second-order valence-corrected chi connectivity index (χ2v) is 6.19. The average molecular weight is 282 g/mol. The molecule has 0 radical (unpaired) electrons. The lowest BCUT2D eigenvalue weighted by Crippen LogP contribution is -2.23. The summed E-state index contributed by atoms with van der Waals surface area (Å²) >= 11 is 6.57. The number of rotatable bonds is 3. The largest absolute Gasteiger partial charge is 0.486 e. The van der Waals surface area contributed by atoms with E-state index in [1.165, 1.54) is 11.1 Å². The highest BCUT2D eigenvalue weighted by molar-refractivity contribution is 6.33. The van der Waals surface area contributed by atoms with E-state index in [0.29, 0.717) is 36.4 Å². The van der Waals surface area contributed by atoms with Crippen molar-refractivity contribution in [3.05, 3.63) is 22.2 Å². The summed E-state index contributed by atoms with van der Waals surface area (Å²) in [7, 11) is 0. The summed E-state index contributed by atoms with van der Waals surface area (Å²) in [6.07, 6.45) is 2.28. The highest BCUT2D eigenvalue weighted by Gasteiger charge is 2.46. The Hall–Kier alpha value is -0.930. The molecular formula is C15H20ClNO2. The summed E-state index contributed by atoms with van der Waals surface area (Å²) in [5.74, 6) is 1.82. The molecule has 0 bridgehead atoms. The summed E-state index contributed by atoms with van der Waals surface area (Å²) < 4.78 is 11.4. The Morgan fingerprint density at radius 3 is 2.58 bits per heavy atom. The zero-order chi connectivity index (χ0) is 13.6. The normalized spacial score (nSPS) is 19.6. The van der Waals surface area contributed by atoms with E-state index < -0.39 is 0 Å². The first kappa shape index (κ1) is 13.1. The second-order valence-electron chi connectivity index (χ2n) is 5.82. The molecule has 19 heavy (non-hydrogen) atoms. The average Bonchev–Trinajstić information content (AvgIpc) is 3.19. The Balaban J connectivity index is 2.20. The Bertz CT molecular complexity index is 509. The van der Waals surface area contributed by atoms with Gasteiger partial charge in [0.05, 0.1) is 5.02 Å². The molecule has 0 aromatic heterocycles. The van der Waals surface area contributed by atoms with Crippen LogP contribution < -0.4 is 15.2 Å². The van der Waals surface area contributed by atoms with Gasteiger partial charge in [0.1, 0.15) is 13.2 Å². The molecule has 104 valence electrons. The maximum atomic E-state index is 6.57. The van der Waals surface area contributed by atoms with E-state index in [2.05, 4.69) is 19.9 Å². The molecule has 0 saturated heterocycles. The minimum atomic E-state index is 0.110. The van der Waals surface area contributed by atoms with E-state index >= 15 is 0 Å². The maximum Gasteiger partial charge on any atom is 0.180 e. The monoisotopic (exact) mass is 281 g/mol. The van der Waals surface area contributed by atoms with Gasteiger partial charge in [0, 0.05) is 12.0 Å². The lowest BCUT2D eigenvalue weighted by atomic mass is 9.86. The fourth-order valence-corrected chi connectivity index (χ4v) is 3.37. The number of halogens is 1. The Morgan fingerprint density at radius 1 is 1.32 bits per heavy atom. The van der Waals surface area contributed by atoms with Crippen molar-refractivity contribution in [2.24, 2.45) is 5.73 Å². The summed E-state index contributed by atoms with van der Waals surface area (Å²) in [6.45, 7) is 6.13. The van der Waals surface area contributed by atoms with E-state index in [1.54, 1.807) is 0 Å². The fraction of sp³-hybridized carbons (Fsp3) is 0.600. The van der Waals surface area contributed by atoms with Crippen LogP contribution in [0.4, 0.5) is 0 Å². The smallest absolute Gasteiger partial charge is 0.180 e. The van der Waals surface area contributed by atoms with Gasteiger partial charge in [-0.1, -0.05) is 25.4 Å². The fourth-order valence-electron chi connectivity index (χ4n) is 2.90. The van der Waals surface area contributed by atoms with Crippen LogP contribution in [0, 0.1) is 0 Å². The predicted octanol–water partition coefficient (Wildman–Crippen LogP) is 3.22. The molecule has 4 heteroatoms. The van der Waals surface area contributed by atoms with Crippen LogP contribution in [-0.4, -0.2) is 19.8 Å². The minimum absolute atomic E-state index is 0.110. The molecule has 0 amide bonds. The van der Waals surface area contributed by atoms with E-state index in [-0.39, 0.29) is 5.41 Å². The molecule has 1 aromatic carbocycles. The van der Waals surface area contributed by atoms with Gasteiger partial charge in [-0.25, -0.2) is 0 Å². The van der Waals surface area contributed by atoms with Crippen molar-refractivity contribution >= 4 is 11.6 Å². The molecule has 1 heterocycles. The topological polar surface area (TPSA) is 44.5 Å². The van der Waals surface area contributed by atoms with Gasteiger partial charge in [-0.15, -0.1) is 0 Å². The Labute approximate surface area is 119 Å². The van der Waals surface area contributed by atoms with Crippen LogP contribution in [-0.2, 0) is 5.41 Å². The first-order valence-electron chi connectivity index (χ1n) is 6.91. The minimum Gasteiger partial charge on any atom is -0.486 e. The third kappa shape index (κ3) is 2.00. The van der Waals surface area contributed by atoms with Gasteiger partial charge in [0.15, 0.2) is 11.5 Å². The Kier molecular flexibility index (Phi) is 3.14. The van der Waals surface area contributed by atoms with Gasteiger partial charge < -0.3 is 15.2 Å². The summed E-state index contributed by atoms with van der Waals surface area (Å²) in [6, 6.07) is 2.11. The summed E-state index contributed by atoms with van der Waals surface area (Å²) in [5, 5.41) is 0.710. The van der Waals surface area contributed by atoms with Gasteiger partial charge in [-0.05, 0) is 36.0 Å². The van der Waals surface area contributed by atoms with Crippen LogP contribution in [0.15, 0.2) is 6.07 Å². The zero-order valence-corrected chi connectivity index (χ0v) is 12.2. The lowest BCUT2D eigenvalue weighted by Gasteiger charge is -2.27. The van der Waals surface area contributed by atoms with Gasteiger partial charge in [-0.3, -0.25) is 0 Å². The molecule has 1 saturated carbocycles. The molecular weight excluding hydrogens is 262 g/mol. The second kappa shape index (κ2) is 4.57. The zero-order valence-electron chi connectivity index (χ0n) is 11.5. The number of fused-ring (bicyclic) bond motifs is 1. The molecule has 0 unspecified atom stereocenters. The first-order chi connectivity index (χ1) is 9.09. The summed E-state index contributed by atoms with van der Waals surface area (Å²) in [4.78, 5) is 0. The molecule has 1 fully saturated rings. The van der Waals surface area contributed by atoms with Crippen molar-refractivity contribution < 1.29 is 9.47 Å². The lowest BCUT2D eigenvalue weighted by molar-refractivity contribution is 0.171. The molecule has 1 aromatic rings. The number of nitrogens with two attached hydrogens (primary N) is 1. The molecule has 3 rings (SSSR count). The molecule has 1 aliphatic carbocycles. The molecule has 0 atom stereocenters. The number of ether oxygens (including phenoxy) is 2. The van der Waals surface area contributed by atoms with Crippen LogP contribution in [0.3, 0.4) is 0 Å².